The van der Waals surface area contributed by atoms with Crippen molar-refractivity contribution in [3.05, 3.63) is 36.3 Å². The number of hydrogen-bond donors (Lipinski definition) is 2. The van der Waals surface area contributed by atoms with Gasteiger partial charge in [-0.1, -0.05) is 0 Å². The molecule has 0 fully saturated rings. The first-order valence-electron chi connectivity index (χ1n) is 4.67. The lowest BCUT2D eigenvalue weighted by Gasteiger charge is -2.02. The van der Waals surface area contributed by atoms with Gasteiger partial charge in [0.25, 0.3) is 0 Å². The van der Waals surface area contributed by atoms with E-state index in [-0.39, 0.29) is 0 Å². The van der Waals surface area contributed by atoms with E-state index in [4.69, 9.17) is 5.84 Å². The van der Waals surface area contributed by atoms with Gasteiger partial charge in [0, 0.05) is 23.5 Å². The summed E-state index contributed by atoms with van der Waals surface area (Å²) in [7, 11) is 0. The summed E-state index contributed by atoms with van der Waals surface area (Å²) in [4.78, 5) is 13.4. The molecule has 0 aliphatic carbocycles. The van der Waals surface area contributed by atoms with Crippen LogP contribution in [0, 0.1) is 6.92 Å². The third-order valence-electron chi connectivity index (χ3n) is 1.85. The van der Waals surface area contributed by atoms with Gasteiger partial charge in [-0.05, 0) is 36.4 Å². The Labute approximate surface area is 97.5 Å². The van der Waals surface area contributed by atoms with Gasteiger partial charge in [0.05, 0.1) is 0 Å². The van der Waals surface area contributed by atoms with Crippen LogP contribution in [0.5, 0.6) is 0 Å². The van der Waals surface area contributed by atoms with E-state index in [0.29, 0.717) is 11.0 Å². The lowest BCUT2D eigenvalue weighted by atomic mass is 10.4. The van der Waals surface area contributed by atoms with Crippen molar-refractivity contribution in [1.82, 2.24) is 15.0 Å². The van der Waals surface area contributed by atoms with Gasteiger partial charge in [0.2, 0.25) is 0 Å². The zero-order valence-electron chi connectivity index (χ0n) is 8.71. The minimum absolute atomic E-state index is 0.622. The Hall–Kier alpha value is -1.66. The van der Waals surface area contributed by atoms with Crippen LogP contribution in [0.25, 0.3) is 0 Å². The molecule has 16 heavy (non-hydrogen) atoms. The fourth-order valence-electron chi connectivity index (χ4n) is 1.09. The van der Waals surface area contributed by atoms with Crippen LogP contribution in [0.1, 0.15) is 5.56 Å². The quantitative estimate of drug-likeness (QED) is 0.476. The first kappa shape index (κ1) is 10.8. The molecule has 0 radical (unpaired) electrons. The zero-order chi connectivity index (χ0) is 11.4. The fourth-order valence-corrected chi connectivity index (χ4v) is 1.81. The summed E-state index contributed by atoms with van der Waals surface area (Å²) in [5.74, 6) is 5.90. The van der Waals surface area contributed by atoms with Crippen molar-refractivity contribution in [2.24, 2.45) is 5.84 Å². The minimum Gasteiger partial charge on any atom is -0.308 e. The summed E-state index contributed by atoms with van der Waals surface area (Å²) in [5, 5.41) is 0.708. The maximum absolute atomic E-state index is 5.28. The van der Waals surface area contributed by atoms with Gasteiger partial charge in [0.15, 0.2) is 5.16 Å². The van der Waals surface area contributed by atoms with Crippen LogP contribution in [0.2, 0.25) is 0 Å². The van der Waals surface area contributed by atoms with Crippen LogP contribution in [0.3, 0.4) is 0 Å². The maximum atomic E-state index is 5.28. The molecule has 0 atom stereocenters. The predicted octanol–water partition coefficient (Wildman–Crippen LogP) is 1.62. The van der Waals surface area contributed by atoms with Crippen molar-refractivity contribution in [3.63, 3.8) is 0 Å². The van der Waals surface area contributed by atoms with E-state index < -0.39 is 0 Å². The second kappa shape index (κ2) is 4.91. The molecule has 2 rings (SSSR count). The van der Waals surface area contributed by atoms with Crippen molar-refractivity contribution in [1.29, 1.82) is 0 Å². The molecule has 2 heterocycles. The smallest absolute Gasteiger partial charge is 0.192 e. The summed E-state index contributed by atoms with van der Waals surface area (Å²) in [6, 6.07) is 3.72. The Morgan fingerprint density at radius 2 is 2.00 bits per heavy atom. The number of rotatable bonds is 3. The molecule has 0 aliphatic heterocycles. The Morgan fingerprint density at radius 3 is 2.69 bits per heavy atom. The summed E-state index contributed by atoms with van der Waals surface area (Å²) < 4.78 is 0. The largest absolute Gasteiger partial charge is 0.308 e. The minimum atomic E-state index is 0.622. The Kier molecular flexibility index (Phi) is 3.33. The highest BCUT2D eigenvalue weighted by Gasteiger charge is 2.01. The second-order valence-corrected chi connectivity index (χ2v) is 4.21. The van der Waals surface area contributed by atoms with Crippen molar-refractivity contribution in [2.75, 3.05) is 5.43 Å². The van der Waals surface area contributed by atoms with Gasteiger partial charge < -0.3 is 5.43 Å². The number of aryl methyl sites for hydroxylation is 1. The standard InChI is InChI=1S/C10H11N5S/c1-7-5-13-10(14-6-7)16-8-2-3-12-9(4-8)15-11/h2-6H,11H2,1H3,(H,12,15). The van der Waals surface area contributed by atoms with E-state index in [1.807, 2.05) is 19.1 Å². The number of nitrogen functional groups attached to an aromatic ring is 1. The van der Waals surface area contributed by atoms with E-state index in [1.165, 1.54) is 11.8 Å². The number of nitrogens with zero attached hydrogens (tertiary/aromatic N) is 3. The SMILES string of the molecule is Cc1cnc(Sc2ccnc(NN)c2)nc1. The Balaban J connectivity index is 2.16. The average molecular weight is 233 g/mol. The molecule has 0 aromatic carbocycles. The molecule has 0 unspecified atom stereocenters. The molecule has 0 saturated carbocycles. The lowest BCUT2D eigenvalue weighted by Crippen LogP contribution is -2.07. The number of pyridine rings is 1. The van der Waals surface area contributed by atoms with Crippen molar-refractivity contribution >= 4 is 17.6 Å². The highest BCUT2D eigenvalue weighted by atomic mass is 32.2. The van der Waals surface area contributed by atoms with Crippen molar-refractivity contribution < 1.29 is 0 Å². The van der Waals surface area contributed by atoms with E-state index in [9.17, 15) is 0 Å². The normalized spacial score (nSPS) is 10.1. The van der Waals surface area contributed by atoms with Crippen LogP contribution < -0.4 is 11.3 Å². The molecule has 0 spiro atoms. The van der Waals surface area contributed by atoms with Gasteiger partial charge in [-0.15, -0.1) is 0 Å². The van der Waals surface area contributed by atoms with Crippen molar-refractivity contribution in [3.8, 4) is 0 Å². The van der Waals surface area contributed by atoms with Gasteiger partial charge in [-0.25, -0.2) is 20.8 Å². The van der Waals surface area contributed by atoms with Crippen LogP contribution in [-0.2, 0) is 0 Å². The molecule has 2 aromatic heterocycles. The zero-order valence-corrected chi connectivity index (χ0v) is 9.53. The molecule has 0 amide bonds. The van der Waals surface area contributed by atoms with E-state index in [1.54, 1.807) is 18.6 Å². The highest BCUT2D eigenvalue weighted by Crippen LogP contribution is 2.24. The molecule has 0 saturated heterocycles. The average Bonchev–Trinajstić information content (AvgIpc) is 2.32. The highest BCUT2D eigenvalue weighted by molar-refractivity contribution is 7.99. The molecular formula is C10H11N5S. The first-order valence-corrected chi connectivity index (χ1v) is 5.49. The van der Waals surface area contributed by atoms with Crippen LogP contribution in [0.4, 0.5) is 5.82 Å². The van der Waals surface area contributed by atoms with Crippen LogP contribution >= 0.6 is 11.8 Å². The second-order valence-electron chi connectivity index (χ2n) is 3.17. The van der Waals surface area contributed by atoms with Gasteiger partial charge in [0.1, 0.15) is 5.82 Å². The molecule has 5 nitrogen and oxygen atoms in total. The number of anilines is 1. The van der Waals surface area contributed by atoms with Gasteiger partial charge in [-0.3, -0.25) is 0 Å². The van der Waals surface area contributed by atoms with Crippen LogP contribution in [-0.4, -0.2) is 15.0 Å². The number of hydrogen-bond acceptors (Lipinski definition) is 6. The Morgan fingerprint density at radius 1 is 1.25 bits per heavy atom. The molecule has 0 aliphatic rings. The number of nitrogens with one attached hydrogen (secondary N) is 1. The lowest BCUT2D eigenvalue weighted by molar-refractivity contribution is 0.949. The predicted molar refractivity (Wildman–Crippen MR) is 62.9 cm³/mol. The topological polar surface area (TPSA) is 76.7 Å². The molecule has 6 heteroatoms. The molecular weight excluding hydrogens is 222 g/mol. The van der Waals surface area contributed by atoms with Gasteiger partial charge in [-0.2, -0.15) is 0 Å². The summed E-state index contributed by atoms with van der Waals surface area (Å²) in [5.41, 5.74) is 3.54. The summed E-state index contributed by atoms with van der Waals surface area (Å²) >= 11 is 1.47. The van der Waals surface area contributed by atoms with Crippen molar-refractivity contribution in [2.45, 2.75) is 17.0 Å². The number of hydrazine groups is 1. The van der Waals surface area contributed by atoms with Crippen LogP contribution in [0.15, 0.2) is 40.8 Å². The van der Waals surface area contributed by atoms with E-state index in [2.05, 4.69) is 20.4 Å². The summed E-state index contributed by atoms with van der Waals surface area (Å²) in [6.07, 6.45) is 5.27. The molecule has 0 bridgehead atoms. The van der Waals surface area contributed by atoms with E-state index >= 15 is 0 Å². The number of aromatic nitrogens is 3. The first-order chi connectivity index (χ1) is 7.78. The number of nitrogens with two attached hydrogens (primary N) is 1. The third kappa shape index (κ3) is 2.68. The maximum Gasteiger partial charge on any atom is 0.192 e. The van der Waals surface area contributed by atoms with E-state index in [0.717, 1.165) is 10.5 Å². The third-order valence-corrected chi connectivity index (χ3v) is 2.73. The molecule has 2 aromatic rings. The van der Waals surface area contributed by atoms with Gasteiger partial charge >= 0.3 is 0 Å². The summed E-state index contributed by atoms with van der Waals surface area (Å²) in [6.45, 7) is 1.96. The molecule has 82 valence electrons. The molecule has 3 N–H and O–H groups in total. The fraction of sp³-hybridized carbons (Fsp3) is 0.100. The monoisotopic (exact) mass is 233 g/mol. The Bertz CT molecular complexity index is 471.